The normalized spacial score (nSPS) is 16.8. The molecule has 2 amide bonds. The molecule has 25 heavy (non-hydrogen) atoms. The number of carbonyl (C=O) groups excluding carboxylic acids is 2. The summed E-state index contributed by atoms with van der Waals surface area (Å²) in [7, 11) is 0. The number of anilines is 1. The Kier molecular flexibility index (Phi) is 4.92. The van der Waals surface area contributed by atoms with E-state index in [0.717, 1.165) is 0 Å². The quantitative estimate of drug-likeness (QED) is 0.904. The maximum atomic E-state index is 13.4. The fourth-order valence-corrected chi connectivity index (χ4v) is 2.67. The first-order valence-electron chi connectivity index (χ1n) is 7.75. The van der Waals surface area contributed by atoms with Gasteiger partial charge in [0.25, 0.3) is 5.91 Å². The van der Waals surface area contributed by atoms with Crippen LogP contribution < -0.4 is 15.0 Å². The Morgan fingerprint density at radius 3 is 2.76 bits per heavy atom. The van der Waals surface area contributed by atoms with Gasteiger partial charge in [0.2, 0.25) is 5.91 Å². The molecule has 2 aromatic carbocycles. The topological polar surface area (TPSA) is 58.6 Å². The monoisotopic (exact) mass is 346 g/mol. The van der Waals surface area contributed by atoms with Crippen LogP contribution in [0.25, 0.3) is 0 Å². The average Bonchev–Trinajstić information content (AvgIpc) is 2.94. The van der Waals surface area contributed by atoms with Crippen LogP contribution in [0.4, 0.5) is 14.5 Å². The predicted molar refractivity (Wildman–Crippen MR) is 87.2 cm³/mol. The summed E-state index contributed by atoms with van der Waals surface area (Å²) in [5.41, 5.74) is 0.448. The van der Waals surface area contributed by atoms with Crippen molar-refractivity contribution in [2.45, 2.75) is 12.5 Å². The highest BCUT2D eigenvalue weighted by Gasteiger charge is 2.31. The molecule has 0 radical (unpaired) electrons. The second-order valence-electron chi connectivity index (χ2n) is 5.67. The lowest BCUT2D eigenvalue weighted by Gasteiger charge is -2.17. The number of rotatable bonds is 5. The van der Waals surface area contributed by atoms with Gasteiger partial charge in [0.05, 0.1) is 6.04 Å². The molecule has 0 saturated carbocycles. The molecule has 5 nitrogen and oxygen atoms in total. The summed E-state index contributed by atoms with van der Waals surface area (Å²) < 4.78 is 31.9. The molecule has 0 spiro atoms. The Hall–Kier alpha value is -2.96. The number of amides is 2. The van der Waals surface area contributed by atoms with Crippen LogP contribution in [0.3, 0.4) is 0 Å². The van der Waals surface area contributed by atoms with E-state index in [4.69, 9.17) is 4.74 Å². The van der Waals surface area contributed by atoms with Crippen molar-refractivity contribution in [2.75, 3.05) is 18.1 Å². The molecule has 130 valence electrons. The zero-order chi connectivity index (χ0) is 17.8. The van der Waals surface area contributed by atoms with Gasteiger partial charge < -0.3 is 15.0 Å². The van der Waals surface area contributed by atoms with Gasteiger partial charge in [-0.1, -0.05) is 18.2 Å². The van der Waals surface area contributed by atoms with E-state index in [-0.39, 0.29) is 31.2 Å². The number of hydrogen-bond acceptors (Lipinski definition) is 3. The minimum Gasteiger partial charge on any atom is -0.481 e. The van der Waals surface area contributed by atoms with E-state index in [0.29, 0.717) is 5.69 Å². The molecular formula is C18H16F2N2O3. The maximum Gasteiger partial charge on any atom is 0.258 e. The van der Waals surface area contributed by atoms with Gasteiger partial charge in [-0.05, 0) is 30.3 Å². The molecule has 1 N–H and O–H groups in total. The summed E-state index contributed by atoms with van der Waals surface area (Å²) >= 11 is 0. The van der Waals surface area contributed by atoms with Crippen LogP contribution >= 0.6 is 0 Å². The largest absolute Gasteiger partial charge is 0.481 e. The Labute approximate surface area is 143 Å². The molecule has 0 unspecified atom stereocenters. The van der Waals surface area contributed by atoms with Gasteiger partial charge in [0.15, 0.2) is 18.2 Å². The molecule has 2 aromatic rings. The van der Waals surface area contributed by atoms with Crippen LogP contribution in [-0.2, 0) is 9.59 Å². The fraction of sp³-hybridized carbons (Fsp3) is 0.222. The van der Waals surface area contributed by atoms with Crippen molar-refractivity contribution in [1.29, 1.82) is 0 Å². The molecule has 0 bridgehead atoms. The highest BCUT2D eigenvalue weighted by molar-refractivity contribution is 5.96. The van der Waals surface area contributed by atoms with Crippen LogP contribution in [0.2, 0.25) is 0 Å². The van der Waals surface area contributed by atoms with E-state index in [1.807, 2.05) is 0 Å². The Morgan fingerprint density at radius 1 is 1.20 bits per heavy atom. The Morgan fingerprint density at radius 2 is 2.00 bits per heavy atom. The van der Waals surface area contributed by atoms with Gasteiger partial charge in [-0.25, -0.2) is 8.78 Å². The van der Waals surface area contributed by atoms with Crippen molar-refractivity contribution in [3.8, 4) is 5.75 Å². The molecule has 1 heterocycles. The second-order valence-corrected chi connectivity index (χ2v) is 5.67. The minimum atomic E-state index is -0.552. The SMILES string of the molecule is O=C(COc1ccccc1F)N[C@@H]1CC(=O)N(c2cccc(F)c2)C1. The molecule has 3 rings (SSSR count). The number of nitrogens with one attached hydrogen (secondary N) is 1. The van der Waals surface area contributed by atoms with Crippen molar-refractivity contribution < 1.29 is 23.1 Å². The van der Waals surface area contributed by atoms with Crippen LogP contribution in [0.15, 0.2) is 48.5 Å². The van der Waals surface area contributed by atoms with E-state index in [1.54, 1.807) is 12.1 Å². The maximum absolute atomic E-state index is 13.4. The van der Waals surface area contributed by atoms with Crippen LogP contribution in [0.5, 0.6) is 5.75 Å². The van der Waals surface area contributed by atoms with Gasteiger partial charge in [-0.3, -0.25) is 9.59 Å². The van der Waals surface area contributed by atoms with Crippen LogP contribution in [0.1, 0.15) is 6.42 Å². The van der Waals surface area contributed by atoms with Crippen molar-refractivity contribution >= 4 is 17.5 Å². The first kappa shape index (κ1) is 16.9. The predicted octanol–water partition coefficient (Wildman–Crippen LogP) is 2.27. The molecular weight excluding hydrogens is 330 g/mol. The summed E-state index contributed by atoms with van der Waals surface area (Å²) in [6, 6.07) is 11.1. The first-order chi connectivity index (χ1) is 12.0. The first-order valence-corrected chi connectivity index (χ1v) is 7.75. The van der Waals surface area contributed by atoms with E-state index < -0.39 is 23.6 Å². The second kappa shape index (κ2) is 7.29. The number of nitrogens with zero attached hydrogens (tertiary/aromatic N) is 1. The molecule has 1 aliphatic heterocycles. The molecule has 1 atom stereocenters. The number of hydrogen-bond donors (Lipinski definition) is 1. The number of ether oxygens (including phenoxy) is 1. The summed E-state index contributed by atoms with van der Waals surface area (Å²) in [6.07, 6.45) is 0.113. The Balaban J connectivity index is 1.54. The third kappa shape index (κ3) is 4.12. The van der Waals surface area contributed by atoms with E-state index in [2.05, 4.69) is 5.32 Å². The lowest BCUT2D eigenvalue weighted by Crippen LogP contribution is -2.39. The smallest absolute Gasteiger partial charge is 0.258 e. The number of para-hydroxylation sites is 1. The third-order valence-corrected chi connectivity index (χ3v) is 3.81. The highest BCUT2D eigenvalue weighted by Crippen LogP contribution is 2.22. The van der Waals surface area contributed by atoms with Gasteiger partial charge in [0.1, 0.15) is 5.82 Å². The lowest BCUT2D eigenvalue weighted by atomic mass is 10.2. The number of carbonyl (C=O) groups is 2. The van der Waals surface area contributed by atoms with E-state index in [1.165, 1.54) is 41.3 Å². The van der Waals surface area contributed by atoms with Crippen molar-refractivity contribution in [3.05, 3.63) is 60.2 Å². The van der Waals surface area contributed by atoms with E-state index >= 15 is 0 Å². The third-order valence-electron chi connectivity index (χ3n) is 3.81. The van der Waals surface area contributed by atoms with Crippen molar-refractivity contribution in [2.24, 2.45) is 0 Å². The van der Waals surface area contributed by atoms with Gasteiger partial charge >= 0.3 is 0 Å². The molecule has 1 fully saturated rings. The van der Waals surface area contributed by atoms with Crippen LogP contribution in [0, 0.1) is 11.6 Å². The highest BCUT2D eigenvalue weighted by atomic mass is 19.1. The standard InChI is InChI=1S/C18H16F2N2O3/c19-12-4-3-5-14(8-12)22-10-13(9-18(22)24)21-17(23)11-25-16-7-2-1-6-15(16)20/h1-8,13H,9-11H2,(H,21,23)/t13-/m1/s1. The lowest BCUT2D eigenvalue weighted by molar-refractivity contribution is -0.123. The minimum absolute atomic E-state index is 0.0125. The summed E-state index contributed by atoms with van der Waals surface area (Å²) in [6.45, 7) is -0.112. The summed E-state index contributed by atoms with van der Waals surface area (Å²) in [4.78, 5) is 25.4. The molecule has 1 saturated heterocycles. The number of halogens is 2. The Bertz CT molecular complexity index is 797. The van der Waals surface area contributed by atoms with Gasteiger partial charge in [-0.2, -0.15) is 0 Å². The fourth-order valence-electron chi connectivity index (χ4n) is 2.67. The molecule has 0 aliphatic carbocycles. The molecule has 7 heteroatoms. The zero-order valence-corrected chi connectivity index (χ0v) is 13.2. The van der Waals surface area contributed by atoms with Gasteiger partial charge in [-0.15, -0.1) is 0 Å². The van der Waals surface area contributed by atoms with Gasteiger partial charge in [0, 0.05) is 18.7 Å². The average molecular weight is 346 g/mol. The van der Waals surface area contributed by atoms with Crippen molar-refractivity contribution in [3.63, 3.8) is 0 Å². The molecule has 1 aliphatic rings. The van der Waals surface area contributed by atoms with Crippen LogP contribution in [-0.4, -0.2) is 31.0 Å². The summed E-state index contributed by atoms with van der Waals surface area (Å²) in [5.74, 6) is -1.66. The molecule has 0 aromatic heterocycles. The number of benzene rings is 2. The van der Waals surface area contributed by atoms with E-state index in [9.17, 15) is 18.4 Å². The van der Waals surface area contributed by atoms with Crippen molar-refractivity contribution in [1.82, 2.24) is 5.32 Å². The zero-order valence-electron chi connectivity index (χ0n) is 13.2. The summed E-state index contributed by atoms with van der Waals surface area (Å²) in [5, 5.41) is 2.67.